The molecule has 0 fully saturated rings. The molecule has 19 heavy (non-hydrogen) atoms. The lowest BCUT2D eigenvalue weighted by Crippen LogP contribution is -2.30. The molecule has 0 bridgehead atoms. The van der Waals surface area contributed by atoms with Gasteiger partial charge < -0.3 is 4.84 Å². The van der Waals surface area contributed by atoms with E-state index >= 15 is 0 Å². The lowest BCUT2D eigenvalue weighted by molar-refractivity contribution is 0.0458. The van der Waals surface area contributed by atoms with Crippen LogP contribution in [0.3, 0.4) is 0 Å². The molecule has 0 N–H and O–H groups in total. The van der Waals surface area contributed by atoms with Crippen LogP contribution in [-0.2, 0) is 4.84 Å². The number of carbonyl (C=O) groups is 1. The van der Waals surface area contributed by atoms with Crippen molar-refractivity contribution in [2.75, 3.05) is 5.06 Å². The highest BCUT2D eigenvalue weighted by Gasteiger charge is 2.19. The van der Waals surface area contributed by atoms with Crippen molar-refractivity contribution in [3.63, 3.8) is 0 Å². The zero-order valence-corrected chi connectivity index (χ0v) is 11.4. The Bertz CT molecular complexity index is 532. The molecule has 0 aliphatic rings. The number of alkyl halides is 2. The largest absolute Gasteiger partial charge is 0.363 e. The van der Waals surface area contributed by atoms with Crippen molar-refractivity contribution in [2.24, 2.45) is 0 Å². The molecular formula is C14H11Cl2NO2. The Morgan fingerprint density at radius 2 is 1.47 bits per heavy atom. The number of benzene rings is 2. The van der Waals surface area contributed by atoms with Crippen molar-refractivity contribution in [1.82, 2.24) is 0 Å². The Balaban J connectivity index is 2.17. The number of nitrogens with zero attached hydrogens (tertiary/aromatic N) is 1. The van der Waals surface area contributed by atoms with Crippen molar-refractivity contribution in [1.29, 1.82) is 0 Å². The molecule has 0 spiro atoms. The highest BCUT2D eigenvalue weighted by atomic mass is 35.5. The maximum atomic E-state index is 12.0. The van der Waals surface area contributed by atoms with Crippen LogP contribution in [0.2, 0.25) is 0 Å². The predicted octanol–water partition coefficient (Wildman–Crippen LogP) is 4.03. The normalized spacial score (nSPS) is 10.3. The quantitative estimate of drug-likeness (QED) is 0.485. The lowest BCUT2D eigenvalue weighted by atomic mass is 10.2. The van der Waals surface area contributed by atoms with Crippen LogP contribution in [0.25, 0.3) is 0 Å². The fraction of sp³-hybridized carbons (Fsp3) is 0.0714. The zero-order chi connectivity index (χ0) is 13.7. The van der Waals surface area contributed by atoms with Crippen LogP contribution in [0.15, 0.2) is 60.7 Å². The number of hydrogen-bond acceptors (Lipinski definition) is 3. The van der Waals surface area contributed by atoms with Gasteiger partial charge in [0, 0.05) is 0 Å². The van der Waals surface area contributed by atoms with Crippen molar-refractivity contribution >= 4 is 34.9 Å². The van der Waals surface area contributed by atoms with Gasteiger partial charge in [-0.1, -0.05) is 59.6 Å². The second-order valence-corrected chi connectivity index (χ2v) is 4.73. The van der Waals surface area contributed by atoms with Gasteiger partial charge in [-0.2, -0.15) is 5.06 Å². The van der Waals surface area contributed by atoms with Crippen LogP contribution in [0.4, 0.5) is 5.69 Å². The van der Waals surface area contributed by atoms with Crippen molar-refractivity contribution in [3.05, 3.63) is 66.2 Å². The first-order chi connectivity index (χ1) is 9.18. The van der Waals surface area contributed by atoms with Gasteiger partial charge in [0.15, 0.2) is 0 Å². The van der Waals surface area contributed by atoms with E-state index in [0.717, 1.165) is 5.06 Å². The smallest absolute Gasteiger partial charge is 0.333 e. The fourth-order valence-electron chi connectivity index (χ4n) is 1.50. The van der Waals surface area contributed by atoms with Gasteiger partial charge in [0.1, 0.15) is 0 Å². The van der Waals surface area contributed by atoms with Crippen molar-refractivity contribution in [3.8, 4) is 0 Å². The zero-order valence-electron chi connectivity index (χ0n) is 9.87. The molecule has 5 heteroatoms. The minimum Gasteiger partial charge on any atom is -0.333 e. The molecule has 2 rings (SSSR count). The molecule has 98 valence electrons. The topological polar surface area (TPSA) is 29.5 Å². The van der Waals surface area contributed by atoms with Crippen LogP contribution in [-0.4, -0.2) is 10.9 Å². The summed E-state index contributed by atoms with van der Waals surface area (Å²) in [6, 6.07) is 17.6. The molecule has 0 aromatic heterocycles. The van der Waals surface area contributed by atoms with Crippen molar-refractivity contribution in [2.45, 2.75) is 4.96 Å². The van der Waals surface area contributed by atoms with E-state index in [1.807, 2.05) is 12.1 Å². The third kappa shape index (κ3) is 3.63. The third-order valence-corrected chi connectivity index (χ3v) is 2.73. The standard InChI is InChI=1S/C14H11Cl2NO2/c15-14(16)17(12-9-5-2-6-10-12)19-13(18)11-7-3-1-4-8-11/h1-10,14H. The van der Waals surface area contributed by atoms with Crippen LogP contribution >= 0.6 is 23.2 Å². The van der Waals surface area contributed by atoms with E-state index in [1.54, 1.807) is 48.5 Å². The Labute approximate surface area is 121 Å². The maximum absolute atomic E-state index is 12.0. The maximum Gasteiger partial charge on any atom is 0.363 e. The first-order valence-electron chi connectivity index (χ1n) is 5.58. The van der Waals surface area contributed by atoms with Gasteiger partial charge in [-0.05, 0) is 24.3 Å². The third-order valence-electron chi connectivity index (χ3n) is 2.38. The van der Waals surface area contributed by atoms with E-state index in [0.29, 0.717) is 11.3 Å². The molecule has 0 unspecified atom stereocenters. The molecule has 0 aliphatic carbocycles. The summed E-state index contributed by atoms with van der Waals surface area (Å²) in [5.74, 6) is -0.518. The minimum absolute atomic E-state index is 0.428. The highest BCUT2D eigenvalue weighted by Crippen LogP contribution is 2.22. The number of carbonyl (C=O) groups excluding carboxylic acids is 1. The molecular weight excluding hydrogens is 285 g/mol. The minimum atomic E-state index is -0.991. The molecule has 0 radical (unpaired) electrons. The average Bonchev–Trinajstić information content (AvgIpc) is 2.46. The first kappa shape index (κ1) is 13.7. The summed E-state index contributed by atoms with van der Waals surface area (Å²) in [6.45, 7) is 0. The Hall–Kier alpha value is -1.71. The molecule has 0 saturated heterocycles. The van der Waals surface area contributed by atoms with E-state index in [1.165, 1.54) is 0 Å². The lowest BCUT2D eigenvalue weighted by Gasteiger charge is -2.23. The molecule has 0 saturated carbocycles. The summed E-state index contributed by atoms with van der Waals surface area (Å²) in [7, 11) is 0. The van der Waals surface area contributed by atoms with E-state index in [2.05, 4.69) is 0 Å². The summed E-state index contributed by atoms with van der Waals surface area (Å²) in [6.07, 6.45) is 0. The van der Waals surface area contributed by atoms with E-state index in [4.69, 9.17) is 28.0 Å². The summed E-state index contributed by atoms with van der Waals surface area (Å²) in [5.41, 5.74) is 1.03. The second kappa shape index (κ2) is 6.45. The molecule has 3 nitrogen and oxygen atoms in total. The number of hydroxylamine groups is 1. The fourth-order valence-corrected chi connectivity index (χ4v) is 1.80. The summed E-state index contributed by atoms with van der Waals surface area (Å²) < 4.78 is 0. The number of rotatable bonds is 4. The SMILES string of the molecule is O=C(ON(c1ccccc1)C(Cl)Cl)c1ccccc1. The monoisotopic (exact) mass is 295 g/mol. The average molecular weight is 296 g/mol. The van der Waals surface area contributed by atoms with Crippen LogP contribution in [0.1, 0.15) is 10.4 Å². The van der Waals surface area contributed by atoms with Gasteiger partial charge in [0.2, 0.25) is 4.96 Å². The van der Waals surface area contributed by atoms with Gasteiger partial charge in [-0.3, -0.25) is 0 Å². The molecule has 2 aromatic carbocycles. The molecule has 0 heterocycles. The van der Waals surface area contributed by atoms with Gasteiger partial charge in [0.25, 0.3) is 0 Å². The summed E-state index contributed by atoms with van der Waals surface area (Å²) >= 11 is 11.6. The second-order valence-electron chi connectivity index (χ2n) is 3.68. The molecule has 2 aromatic rings. The molecule has 0 aliphatic heterocycles. The Morgan fingerprint density at radius 3 is 2.00 bits per heavy atom. The van der Waals surface area contributed by atoms with Gasteiger partial charge >= 0.3 is 5.97 Å². The van der Waals surface area contributed by atoms with Gasteiger partial charge in [-0.25, -0.2) is 4.79 Å². The number of halogens is 2. The molecule has 0 atom stereocenters. The van der Waals surface area contributed by atoms with E-state index in [-0.39, 0.29) is 0 Å². The van der Waals surface area contributed by atoms with E-state index in [9.17, 15) is 4.79 Å². The predicted molar refractivity (Wildman–Crippen MR) is 76.3 cm³/mol. The Morgan fingerprint density at radius 1 is 0.947 bits per heavy atom. The Kier molecular flexibility index (Phi) is 4.66. The molecule has 0 amide bonds. The summed E-state index contributed by atoms with van der Waals surface area (Å²) in [5, 5.41) is 1.15. The number of anilines is 1. The van der Waals surface area contributed by atoms with E-state index < -0.39 is 10.9 Å². The summed E-state index contributed by atoms with van der Waals surface area (Å²) in [4.78, 5) is 16.2. The highest BCUT2D eigenvalue weighted by molar-refractivity contribution is 6.45. The number of para-hydroxylation sites is 1. The van der Waals surface area contributed by atoms with Gasteiger partial charge in [-0.15, -0.1) is 0 Å². The number of hydrogen-bond donors (Lipinski definition) is 0. The van der Waals surface area contributed by atoms with Gasteiger partial charge in [0.05, 0.1) is 11.3 Å². The van der Waals surface area contributed by atoms with Crippen molar-refractivity contribution < 1.29 is 9.63 Å². The van der Waals surface area contributed by atoms with Crippen LogP contribution in [0.5, 0.6) is 0 Å². The first-order valence-corrected chi connectivity index (χ1v) is 6.45. The van der Waals surface area contributed by atoms with Crippen LogP contribution in [0, 0.1) is 0 Å². The van der Waals surface area contributed by atoms with Crippen LogP contribution < -0.4 is 5.06 Å².